The normalized spacial score (nSPS) is 17.6. The van der Waals surface area contributed by atoms with Crippen molar-refractivity contribution in [2.45, 2.75) is 45.1 Å². The van der Waals surface area contributed by atoms with Gasteiger partial charge in [0, 0.05) is 24.3 Å². The molecule has 1 atom stereocenters. The van der Waals surface area contributed by atoms with Gasteiger partial charge in [0.1, 0.15) is 5.82 Å². The standard InChI is InChI=1S/C19H22FN3O/c1-12(13-6-7-13)22(2)19(24)18-16-4-3-5-17(16)23(21-18)15-10-8-14(20)9-11-15/h8-13H,3-7H2,1-2H3. The molecule has 0 bridgehead atoms. The van der Waals surface area contributed by atoms with E-state index >= 15 is 0 Å². The van der Waals surface area contributed by atoms with Gasteiger partial charge >= 0.3 is 0 Å². The molecule has 0 radical (unpaired) electrons. The monoisotopic (exact) mass is 327 g/mol. The highest BCUT2D eigenvalue weighted by Crippen LogP contribution is 2.36. The summed E-state index contributed by atoms with van der Waals surface area (Å²) in [6.07, 6.45) is 5.26. The molecule has 1 heterocycles. The van der Waals surface area contributed by atoms with Gasteiger partial charge in [0.05, 0.1) is 5.69 Å². The van der Waals surface area contributed by atoms with Crippen molar-refractivity contribution >= 4 is 5.91 Å². The minimum Gasteiger partial charge on any atom is -0.337 e. The van der Waals surface area contributed by atoms with Crippen molar-refractivity contribution in [1.29, 1.82) is 0 Å². The summed E-state index contributed by atoms with van der Waals surface area (Å²) in [7, 11) is 1.88. The van der Waals surface area contributed by atoms with Crippen LogP contribution in [-0.2, 0) is 12.8 Å². The SMILES string of the molecule is CC(C1CC1)N(C)C(=O)c1nn(-c2ccc(F)cc2)c2c1CCC2. The highest BCUT2D eigenvalue weighted by Gasteiger charge is 2.35. The molecule has 24 heavy (non-hydrogen) atoms. The number of fused-ring (bicyclic) bond motifs is 1. The highest BCUT2D eigenvalue weighted by atomic mass is 19.1. The highest BCUT2D eigenvalue weighted by molar-refractivity contribution is 5.94. The molecule has 2 aromatic rings. The molecule has 0 spiro atoms. The van der Waals surface area contributed by atoms with Gasteiger partial charge in [-0.15, -0.1) is 0 Å². The minimum absolute atomic E-state index is 0.00779. The smallest absolute Gasteiger partial charge is 0.274 e. The van der Waals surface area contributed by atoms with E-state index in [4.69, 9.17) is 0 Å². The van der Waals surface area contributed by atoms with Gasteiger partial charge in [-0.2, -0.15) is 5.10 Å². The number of aromatic nitrogens is 2. The maximum Gasteiger partial charge on any atom is 0.274 e. The summed E-state index contributed by atoms with van der Waals surface area (Å²) in [6, 6.07) is 6.55. The van der Waals surface area contributed by atoms with E-state index in [0.717, 1.165) is 36.2 Å². The molecule has 4 rings (SSSR count). The molecule has 2 aliphatic carbocycles. The van der Waals surface area contributed by atoms with E-state index in [0.29, 0.717) is 11.6 Å². The summed E-state index contributed by atoms with van der Waals surface area (Å²) in [4.78, 5) is 14.8. The number of amides is 1. The summed E-state index contributed by atoms with van der Waals surface area (Å²) in [5.41, 5.74) is 3.55. The van der Waals surface area contributed by atoms with Gasteiger partial charge in [-0.05, 0) is 69.2 Å². The van der Waals surface area contributed by atoms with Gasteiger partial charge in [-0.25, -0.2) is 9.07 Å². The molecular weight excluding hydrogens is 305 g/mol. The predicted octanol–water partition coefficient (Wildman–Crippen LogP) is 3.37. The van der Waals surface area contributed by atoms with Crippen molar-refractivity contribution in [2.75, 3.05) is 7.05 Å². The lowest BCUT2D eigenvalue weighted by Crippen LogP contribution is -2.37. The van der Waals surface area contributed by atoms with Crippen LogP contribution in [0.3, 0.4) is 0 Å². The Balaban J connectivity index is 1.70. The van der Waals surface area contributed by atoms with Crippen LogP contribution in [0.4, 0.5) is 4.39 Å². The van der Waals surface area contributed by atoms with Gasteiger partial charge in [0.25, 0.3) is 5.91 Å². The fraction of sp³-hybridized carbons (Fsp3) is 0.474. The zero-order chi connectivity index (χ0) is 16.8. The first-order valence-corrected chi connectivity index (χ1v) is 8.70. The maximum atomic E-state index is 13.2. The lowest BCUT2D eigenvalue weighted by atomic mass is 10.1. The molecule has 4 nitrogen and oxygen atoms in total. The molecular formula is C19H22FN3O. The Labute approximate surface area is 141 Å². The van der Waals surface area contributed by atoms with Gasteiger partial charge in [0.2, 0.25) is 0 Å². The lowest BCUT2D eigenvalue weighted by Gasteiger charge is -2.24. The van der Waals surface area contributed by atoms with Crippen LogP contribution >= 0.6 is 0 Å². The molecule has 1 fully saturated rings. The Hall–Kier alpha value is -2.17. The lowest BCUT2D eigenvalue weighted by molar-refractivity contribution is 0.0720. The summed E-state index contributed by atoms with van der Waals surface area (Å²) in [5.74, 6) is 0.372. The van der Waals surface area contributed by atoms with E-state index in [1.165, 1.54) is 25.0 Å². The molecule has 126 valence electrons. The molecule has 0 aliphatic heterocycles. The first-order chi connectivity index (χ1) is 11.6. The second kappa shape index (κ2) is 5.72. The number of carbonyl (C=O) groups is 1. The van der Waals surface area contributed by atoms with Crippen LogP contribution in [0.25, 0.3) is 5.69 Å². The topological polar surface area (TPSA) is 38.1 Å². The van der Waals surface area contributed by atoms with Crippen LogP contribution in [0.2, 0.25) is 0 Å². The fourth-order valence-corrected chi connectivity index (χ4v) is 3.65. The van der Waals surface area contributed by atoms with E-state index in [1.54, 1.807) is 12.1 Å². The third-order valence-corrected chi connectivity index (χ3v) is 5.44. The fourth-order valence-electron chi connectivity index (χ4n) is 3.65. The summed E-state index contributed by atoms with van der Waals surface area (Å²) in [5, 5.41) is 4.62. The number of halogens is 1. The van der Waals surface area contributed by atoms with E-state index in [1.807, 2.05) is 16.6 Å². The molecule has 1 saturated carbocycles. The first-order valence-electron chi connectivity index (χ1n) is 8.70. The predicted molar refractivity (Wildman–Crippen MR) is 89.8 cm³/mol. The number of hydrogen-bond acceptors (Lipinski definition) is 2. The zero-order valence-electron chi connectivity index (χ0n) is 14.1. The maximum absolute atomic E-state index is 13.2. The van der Waals surface area contributed by atoms with E-state index in [9.17, 15) is 9.18 Å². The molecule has 1 unspecified atom stereocenters. The minimum atomic E-state index is -0.267. The summed E-state index contributed by atoms with van der Waals surface area (Å²) >= 11 is 0. The van der Waals surface area contributed by atoms with Crippen molar-refractivity contribution in [1.82, 2.24) is 14.7 Å². The second-order valence-electron chi connectivity index (χ2n) is 7.01. The average molecular weight is 327 g/mol. The van der Waals surface area contributed by atoms with E-state index in [2.05, 4.69) is 12.0 Å². The van der Waals surface area contributed by atoms with Gasteiger partial charge in [-0.1, -0.05) is 0 Å². The Morgan fingerprint density at radius 1 is 1.29 bits per heavy atom. The number of rotatable bonds is 4. The van der Waals surface area contributed by atoms with E-state index in [-0.39, 0.29) is 17.8 Å². The Morgan fingerprint density at radius 3 is 2.67 bits per heavy atom. The van der Waals surface area contributed by atoms with Crippen LogP contribution < -0.4 is 0 Å². The van der Waals surface area contributed by atoms with E-state index < -0.39 is 0 Å². The van der Waals surface area contributed by atoms with Crippen LogP contribution in [0.15, 0.2) is 24.3 Å². The average Bonchev–Trinajstić information content (AvgIpc) is 3.22. The van der Waals surface area contributed by atoms with Crippen molar-refractivity contribution in [2.24, 2.45) is 5.92 Å². The second-order valence-corrected chi connectivity index (χ2v) is 7.01. The number of hydrogen-bond donors (Lipinski definition) is 0. The molecule has 1 aromatic carbocycles. The molecule has 2 aliphatic rings. The molecule has 0 saturated heterocycles. The summed E-state index contributed by atoms with van der Waals surface area (Å²) < 4.78 is 15.0. The van der Waals surface area contributed by atoms with Crippen molar-refractivity contribution in [3.63, 3.8) is 0 Å². The third kappa shape index (κ3) is 2.52. The van der Waals surface area contributed by atoms with Gasteiger partial charge in [-0.3, -0.25) is 4.79 Å². The van der Waals surface area contributed by atoms with Crippen LogP contribution in [0, 0.1) is 11.7 Å². The van der Waals surface area contributed by atoms with Crippen LogP contribution in [0.5, 0.6) is 0 Å². The van der Waals surface area contributed by atoms with Crippen molar-refractivity contribution in [3.05, 3.63) is 47.0 Å². The number of carbonyl (C=O) groups excluding carboxylic acids is 1. The molecule has 1 aromatic heterocycles. The molecule has 5 heteroatoms. The molecule has 0 N–H and O–H groups in total. The number of nitrogens with zero attached hydrogens (tertiary/aromatic N) is 3. The zero-order valence-corrected chi connectivity index (χ0v) is 14.1. The Morgan fingerprint density at radius 2 is 2.00 bits per heavy atom. The number of benzene rings is 1. The molecule has 1 amide bonds. The summed E-state index contributed by atoms with van der Waals surface area (Å²) in [6.45, 7) is 2.12. The largest absolute Gasteiger partial charge is 0.337 e. The van der Waals surface area contributed by atoms with Crippen molar-refractivity contribution < 1.29 is 9.18 Å². The first kappa shape index (κ1) is 15.4. The Kier molecular flexibility index (Phi) is 3.66. The Bertz CT molecular complexity index is 777. The van der Waals surface area contributed by atoms with Crippen molar-refractivity contribution in [3.8, 4) is 5.69 Å². The van der Waals surface area contributed by atoms with Gasteiger partial charge < -0.3 is 4.90 Å². The quantitative estimate of drug-likeness (QED) is 0.863. The van der Waals surface area contributed by atoms with Crippen LogP contribution in [0.1, 0.15) is 47.9 Å². The third-order valence-electron chi connectivity index (χ3n) is 5.44. The van der Waals surface area contributed by atoms with Gasteiger partial charge in [0.15, 0.2) is 5.69 Å². The van der Waals surface area contributed by atoms with Crippen LogP contribution in [-0.4, -0.2) is 33.7 Å².